The van der Waals surface area contributed by atoms with Crippen molar-refractivity contribution in [2.75, 3.05) is 11.5 Å². The summed E-state index contributed by atoms with van der Waals surface area (Å²) in [6.07, 6.45) is 1.44. The van der Waals surface area contributed by atoms with E-state index in [0.717, 1.165) is 8.47 Å². The number of carbonyl (C=O) groups is 3. The van der Waals surface area contributed by atoms with Crippen LogP contribution in [0.4, 0.5) is 10.5 Å². The molecule has 0 bridgehead atoms. The van der Waals surface area contributed by atoms with E-state index >= 15 is 0 Å². The van der Waals surface area contributed by atoms with Gasteiger partial charge in [0.05, 0.1) is 12.3 Å². The Morgan fingerprint density at radius 3 is 2.67 bits per heavy atom. The molecule has 1 aliphatic rings. The lowest BCUT2D eigenvalue weighted by atomic mass is 10.1. The number of barbiturate groups is 1. The van der Waals surface area contributed by atoms with Crippen LogP contribution in [-0.2, 0) is 9.59 Å². The summed E-state index contributed by atoms with van der Waals surface area (Å²) in [5.41, 5.74) is 0.740. The molecule has 1 heterocycles. The molecule has 138 valence electrons. The van der Waals surface area contributed by atoms with Crippen LogP contribution in [0.2, 0.25) is 5.02 Å². The van der Waals surface area contributed by atoms with Crippen molar-refractivity contribution < 1.29 is 19.1 Å². The first-order valence-electron chi connectivity index (χ1n) is 7.99. The Hall–Kier alpha value is -2.39. The Kier molecular flexibility index (Phi) is 5.81. The first-order chi connectivity index (χ1) is 12.9. The first-order valence-corrected chi connectivity index (χ1v) is 9.45. The molecule has 4 amide bonds. The quantitative estimate of drug-likeness (QED) is 0.394. The summed E-state index contributed by atoms with van der Waals surface area (Å²) in [6, 6.07) is 10.8. The zero-order chi connectivity index (χ0) is 19.6. The normalized spacial score (nSPS) is 15.9. The molecule has 1 saturated heterocycles. The highest BCUT2D eigenvalue weighted by atomic mass is 127. The van der Waals surface area contributed by atoms with Crippen molar-refractivity contribution in [3.63, 3.8) is 0 Å². The molecule has 1 fully saturated rings. The maximum atomic E-state index is 12.9. The second-order valence-corrected chi connectivity index (χ2v) is 7.27. The highest BCUT2D eigenvalue weighted by molar-refractivity contribution is 14.1. The average molecular weight is 497 g/mol. The van der Waals surface area contributed by atoms with Crippen LogP contribution in [0.1, 0.15) is 12.5 Å². The molecule has 0 aromatic heterocycles. The summed E-state index contributed by atoms with van der Waals surface area (Å²) >= 11 is 8.07. The average Bonchev–Trinajstić information content (AvgIpc) is 2.58. The summed E-state index contributed by atoms with van der Waals surface area (Å²) in [5, 5.41) is 2.56. The van der Waals surface area contributed by atoms with Gasteiger partial charge in [0, 0.05) is 8.59 Å². The predicted molar refractivity (Wildman–Crippen MR) is 111 cm³/mol. The lowest BCUT2D eigenvalue weighted by Crippen LogP contribution is -2.54. The molecule has 2 aromatic rings. The zero-order valence-corrected chi connectivity index (χ0v) is 17.1. The predicted octanol–water partition coefficient (Wildman–Crippen LogP) is 4.01. The smallest absolute Gasteiger partial charge is 0.335 e. The minimum Gasteiger partial charge on any atom is -0.494 e. The van der Waals surface area contributed by atoms with Crippen LogP contribution in [0.3, 0.4) is 0 Å². The second kappa shape index (κ2) is 8.10. The van der Waals surface area contributed by atoms with Crippen molar-refractivity contribution >= 4 is 63.8 Å². The lowest BCUT2D eigenvalue weighted by molar-refractivity contribution is -0.122. The molecular weight excluding hydrogens is 483 g/mol. The van der Waals surface area contributed by atoms with E-state index in [-0.39, 0.29) is 11.3 Å². The molecule has 1 N–H and O–H groups in total. The van der Waals surface area contributed by atoms with E-state index in [0.29, 0.717) is 22.9 Å². The van der Waals surface area contributed by atoms with Gasteiger partial charge in [-0.1, -0.05) is 17.7 Å². The highest BCUT2D eigenvalue weighted by Gasteiger charge is 2.36. The van der Waals surface area contributed by atoms with Gasteiger partial charge in [-0.25, -0.2) is 9.69 Å². The molecule has 6 nitrogen and oxygen atoms in total. The standard InChI is InChI=1S/C19H14ClIN2O4/c1-2-27-15-7-11(6-13(21)10-15)8-16-17(24)22-19(26)23(18(16)25)14-5-3-4-12(20)9-14/h3-10H,2H2,1H3,(H,22,24,26)/b16-8+. The van der Waals surface area contributed by atoms with E-state index in [2.05, 4.69) is 27.9 Å². The van der Waals surface area contributed by atoms with Gasteiger partial charge in [0.1, 0.15) is 11.3 Å². The molecule has 0 atom stereocenters. The van der Waals surface area contributed by atoms with Crippen molar-refractivity contribution in [3.8, 4) is 5.75 Å². The number of urea groups is 1. The third-order valence-electron chi connectivity index (χ3n) is 3.68. The largest absolute Gasteiger partial charge is 0.494 e. The monoisotopic (exact) mass is 496 g/mol. The van der Waals surface area contributed by atoms with Gasteiger partial charge in [-0.3, -0.25) is 14.9 Å². The number of rotatable bonds is 4. The van der Waals surface area contributed by atoms with Crippen molar-refractivity contribution in [2.24, 2.45) is 0 Å². The molecule has 0 aliphatic carbocycles. The minimum absolute atomic E-state index is 0.154. The van der Waals surface area contributed by atoms with E-state index < -0.39 is 17.8 Å². The van der Waals surface area contributed by atoms with Crippen molar-refractivity contribution in [3.05, 3.63) is 62.2 Å². The van der Waals surface area contributed by atoms with Crippen LogP contribution < -0.4 is 15.0 Å². The molecule has 0 unspecified atom stereocenters. The second-order valence-electron chi connectivity index (χ2n) is 5.59. The van der Waals surface area contributed by atoms with Gasteiger partial charge in [-0.05, 0) is 77.6 Å². The van der Waals surface area contributed by atoms with Gasteiger partial charge < -0.3 is 4.74 Å². The molecule has 8 heteroatoms. The van der Waals surface area contributed by atoms with E-state index in [1.807, 2.05) is 13.0 Å². The SMILES string of the molecule is CCOc1cc(I)cc(/C=C2\C(=O)NC(=O)N(c3cccc(Cl)c3)C2=O)c1. The highest BCUT2D eigenvalue weighted by Crippen LogP contribution is 2.26. The number of nitrogens with zero attached hydrogens (tertiary/aromatic N) is 1. The summed E-state index contributed by atoms with van der Waals surface area (Å²) in [7, 11) is 0. The first kappa shape index (κ1) is 19.4. The minimum atomic E-state index is -0.818. The van der Waals surface area contributed by atoms with Gasteiger partial charge in [-0.2, -0.15) is 0 Å². The Balaban J connectivity index is 2.02. The van der Waals surface area contributed by atoms with E-state index in [1.165, 1.54) is 12.1 Å². The Labute approximate surface area is 174 Å². The number of benzene rings is 2. The van der Waals surface area contributed by atoms with E-state index in [4.69, 9.17) is 16.3 Å². The van der Waals surface area contributed by atoms with Crippen molar-refractivity contribution in [2.45, 2.75) is 6.92 Å². The Bertz CT molecular complexity index is 974. The van der Waals surface area contributed by atoms with Crippen molar-refractivity contribution in [1.82, 2.24) is 5.32 Å². The van der Waals surface area contributed by atoms with Gasteiger partial charge in [-0.15, -0.1) is 0 Å². The fraction of sp³-hybridized carbons (Fsp3) is 0.105. The Morgan fingerprint density at radius 2 is 1.96 bits per heavy atom. The van der Waals surface area contributed by atoms with Gasteiger partial charge in [0.15, 0.2) is 0 Å². The van der Waals surface area contributed by atoms with Crippen LogP contribution in [0, 0.1) is 3.57 Å². The number of halogens is 2. The van der Waals surface area contributed by atoms with Crippen molar-refractivity contribution in [1.29, 1.82) is 0 Å². The molecule has 27 heavy (non-hydrogen) atoms. The molecule has 0 saturated carbocycles. The summed E-state index contributed by atoms with van der Waals surface area (Å²) in [5.74, 6) is -0.842. The zero-order valence-electron chi connectivity index (χ0n) is 14.2. The number of carbonyl (C=O) groups excluding carboxylic acids is 3. The molecule has 1 aliphatic heterocycles. The third kappa shape index (κ3) is 4.30. The van der Waals surface area contributed by atoms with E-state index in [9.17, 15) is 14.4 Å². The summed E-state index contributed by atoms with van der Waals surface area (Å²) < 4.78 is 6.38. The molecule has 2 aromatic carbocycles. The molecular formula is C19H14ClIN2O4. The van der Waals surface area contributed by atoms with Crippen LogP contribution >= 0.6 is 34.2 Å². The van der Waals surface area contributed by atoms with Crippen LogP contribution in [-0.4, -0.2) is 24.5 Å². The number of hydrogen-bond donors (Lipinski definition) is 1. The van der Waals surface area contributed by atoms with Crippen LogP contribution in [0.25, 0.3) is 6.08 Å². The number of anilines is 1. The maximum Gasteiger partial charge on any atom is 0.335 e. The number of imide groups is 2. The summed E-state index contributed by atoms with van der Waals surface area (Å²) in [4.78, 5) is 38.2. The number of amides is 4. The van der Waals surface area contributed by atoms with Crippen LogP contribution in [0.5, 0.6) is 5.75 Å². The molecule has 0 radical (unpaired) electrons. The molecule has 3 rings (SSSR count). The van der Waals surface area contributed by atoms with Crippen LogP contribution in [0.15, 0.2) is 48.0 Å². The summed E-state index contributed by atoms with van der Waals surface area (Å²) in [6.45, 7) is 2.36. The molecule has 0 spiro atoms. The Morgan fingerprint density at radius 1 is 1.19 bits per heavy atom. The lowest BCUT2D eigenvalue weighted by Gasteiger charge is -2.26. The fourth-order valence-corrected chi connectivity index (χ4v) is 3.44. The number of ether oxygens (including phenoxy) is 1. The third-order valence-corrected chi connectivity index (χ3v) is 4.54. The number of hydrogen-bond acceptors (Lipinski definition) is 4. The van der Waals surface area contributed by atoms with Gasteiger partial charge >= 0.3 is 6.03 Å². The number of nitrogens with one attached hydrogen (secondary N) is 1. The maximum absolute atomic E-state index is 12.9. The van der Waals surface area contributed by atoms with Gasteiger partial charge in [0.2, 0.25) is 0 Å². The van der Waals surface area contributed by atoms with Gasteiger partial charge in [0.25, 0.3) is 11.8 Å². The van der Waals surface area contributed by atoms with E-state index in [1.54, 1.807) is 30.3 Å². The topological polar surface area (TPSA) is 75.7 Å². The fourth-order valence-electron chi connectivity index (χ4n) is 2.59.